The van der Waals surface area contributed by atoms with E-state index >= 15 is 0 Å². The van der Waals surface area contributed by atoms with Gasteiger partial charge in [0.15, 0.2) is 6.10 Å². The van der Waals surface area contributed by atoms with E-state index in [-0.39, 0.29) is 31.1 Å². The molecule has 478 valence electrons. The molecule has 0 aromatic rings. The Morgan fingerprint density at radius 1 is 0.253 bits per heavy atom. The molecule has 0 rings (SSSR count). The summed E-state index contributed by atoms with van der Waals surface area (Å²) in [4.78, 5) is 38.4. The Labute approximate surface area is 515 Å². The summed E-state index contributed by atoms with van der Waals surface area (Å²) in [5, 5.41) is 0. The van der Waals surface area contributed by atoms with Crippen LogP contribution in [0.15, 0.2) is 97.2 Å². The van der Waals surface area contributed by atoms with Gasteiger partial charge in [0.05, 0.1) is 0 Å². The summed E-state index contributed by atoms with van der Waals surface area (Å²) in [6, 6.07) is 0. The standard InChI is InChI=1S/C77H134O6/c1-4-7-10-13-16-19-22-25-27-29-31-33-35-37-38-40-41-43-45-47-49-52-55-58-61-64-67-70-76(79)82-73-74(72-81-75(78)69-66-63-60-57-54-51-24-21-18-15-12-9-6-3)83-77(80)71-68-65-62-59-56-53-50-48-46-44-42-39-36-34-32-30-28-26-23-20-17-14-11-8-5-2/h8,11,17,20-22,24-26,28-29,31-32,34,39,42,74H,4-7,9-10,12-16,18-19,23,27,30,33,35-38,40-41,43-73H2,1-3H3/b11-8-,20-17-,24-21-,25-22-,28-26-,31-29-,34-32-,42-39-. The lowest BCUT2D eigenvalue weighted by Crippen LogP contribution is -2.30. The van der Waals surface area contributed by atoms with Gasteiger partial charge >= 0.3 is 17.9 Å². The minimum atomic E-state index is -0.786. The molecule has 0 aliphatic rings. The number of carbonyl (C=O) groups excluding carboxylic acids is 3. The molecule has 0 bridgehead atoms. The first-order valence-electron chi connectivity index (χ1n) is 35.7. The molecular formula is C77H134O6. The van der Waals surface area contributed by atoms with E-state index < -0.39 is 6.10 Å². The van der Waals surface area contributed by atoms with Crippen molar-refractivity contribution in [1.82, 2.24) is 0 Å². The number of allylic oxidation sites excluding steroid dienone is 16. The highest BCUT2D eigenvalue weighted by Gasteiger charge is 2.19. The second kappa shape index (κ2) is 70.8. The normalized spacial score (nSPS) is 12.7. The molecule has 1 unspecified atom stereocenters. The molecule has 0 amide bonds. The van der Waals surface area contributed by atoms with Gasteiger partial charge in [-0.05, 0) is 122 Å². The summed E-state index contributed by atoms with van der Waals surface area (Å²) < 4.78 is 17.0. The number of esters is 3. The van der Waals surface area contributed by atoms with Crippen LogP contribution in [0.3, 0.4) is 0 Å². The van der Waals surface area contributed by atoms with Gasteiger partial charge in [0.2, 0.25) is 0 Å². The fourth-order valence-electron chi connectivity index (χ4n) is 10.2. The minimum Gasteiger partial charge on any atom is -0.462 e. The number of rotatable bonds is 65. The highest BCUT2D eigenvalue weighted by atomic mass is 16.6. The maximum atomic E-state index is 13.0. The monoisotopic (exact) mass is 1160 g/mol. The van der Waals surface area contributed by atoms with Crippen molar-refractivity contribution in [2.75, 3.05) is 13.2 Å². The molecule has 0 saturated heterocycles. The van der Waals surface area contributed by atoms with Crippen molar-refractivity contribution in [2.45, 2.75) is 361 Å². The zero-order valence-electron chi connectivity index (χ0n) is 54.9. The summed E-state index contributed by atoms with van der Waals surface area (Å²) in [7, 11) is 0. The smallest absolute Gasteiger partial charge is 0.306 e. The topological polar surface area (TPSA) is 78.9 Å². The molecule has 0 heterocycles. The van der Waals surface area contributed by atoms with Crippen LogP contribution in [-0.4, -0.2) is 37.2 Å². The van der Waals surface area contributed by atoms with Crippen LogP contribution in [0.25, 0.3) is 0 Å². The molecule has 0 fully saturated rings. The Balaban J connectivity index is 4.28. The van der Waals surface area contributed by atoms with Crippen molar-refractivity contribution in [3.63, 3.8) is 0 Å². The van der Waals surface area contributed by atoms with Gasteiger partial charge in [0, 0.05) is 19.3 Å². The molecule has 0 N–H and O–H groups in total. The quantitative estimate of drug-likeness (QED) is 0.0261. The van der Waals surface area contributed by atoms with E-state index in [2.05, 4.69) is 118 Å². The van der Waals surface area contributed by atoms with Gasteiger partial charge in [0.25, 0.3) is 0 Å². The van der Waals surface area contributed by atoms with Crippen LogP contribution in [0.2, 0.25) is 0 Å². The van der Waals surface area contributed by atoms with Gasteiger partial charge in [-0.2, -0.15) is 0 Å². The third-order valence-corrected chi connectivity index (χ3v) is 15.5. The first-order chi connectivity index (χ1) is 41.0. The van der Waals surface area contributed by atoms with Crippen molar-refractivity contribution in [2.24, 2.45) is 0 Å². The second-order valence-electron chi connectivity index (χ2n) is 23.8. The SMILES string of the molecule is CC/C=C\C/C=C\C/C=C\C/C=C\C/C=C\CCCCCCCCCCCC(=O)OC(COC(=O)CCCCCCC/C=C\CCCCCC)COC(=O)CCCCCCCCCCCCCCCCC/C=C\C/C=C\CCCCCCC. The predicted octanol–water partition coefficient (Wildman–Crippen LogP) is 24.8. The van der Waals surface area contributed by atoms with Crippen LogP contribution in [0.4, 0.5) is 0 Å². The van der Waals surface area contributed by atoms with E-state index in [1.807, 2.05) is 0 Å². The Bertz CT molecular complexity index is 1610. The maximum Gasteiger partial charge on any atom is 0.306 e. The summed E-state index contributed by atoms with van der Waals surface area (Å²) in [6.07, 6.45) is 95.8. The maximum absolute atomic E-state index is 13.0. The van der Waals surface area contributed by atoms with Crippen molar-refractivity contribution in [1.29, 1.82) is 0 Å². The number of unbranched alkanes of at least 4 members (excludes halogenated alkanes) is 38. The molecule has 0 aliphatic carbocycles. The van der Waals surface area contributed by atoms with Gasteiger partial charge < -0.3 is 14.2 Å². The summed E-state index contributed by atoms with van der Waals surface area (Å²) in [5.74, 6) is -0.880. The fourth-order valence-corrected chi connectivity index (χ4v) is 10.2. The first kappa shape index (κ1) is 79.3. The molecule has 0 aromatic carbocycles. The van der Waals surface area contributed by atoms with Gasteiger partial charge in [0.1, 0.15) is 13.2 Å². The summed E-state index contributed by atoms with van der Waals surface area (Å²) >= 11 is 0. The van der Waals surface area contributed by atoms with E-state index in [9.17, 15) is 14.4 Å². The number of ether oxygens (including phenoxy) is 3. The lowest BCUT2D eigenvalue weighted by atomic mass is 10.0. The lowest BCUT2D eigenvalue weighted by molar-refractivity contribution is -0.167. The van der Waals surface area contributed by atoms with E-state index in [0.29, 0.717) is 19.3 Å². The number of hydrogen-bond acceptors (Lipinski definition) is 6. The molecule has 0 spiro atoms. The first-order valence-corrected chi connectivity index (χ1v) is 35.7. The molecule has 0 saturated carbocycles. The van der Waals surface area contributed by atoms with Crippen molar-refractivity contribution < 1.29 is 28.6 Å². The van der Waals surface area contributed by atoms with Gasteiger partial charge in [-0.3, -0.25) is 14.4 Å². The van der Waals surface area contributed by atoms with Gasteiger partial charge in [-0.25, -0.2) is 0 Å². The van der Waals surface area contributed by atoms with E-state index in [0.717, 1.165) is 109 Å². The molecule has 6 heteroatoms. The predicted molar refractivity (Wildman–Crippen MR) is 362 cm³/mol. The van der Waals surface area contributed by atoms with Crippen LogP contribution >= 0.6 is 0 Å². The zero-order chi connectivity index (χ0) is 59.9. The van der Waals surface area contributed by atoms with Crippen LogP contribution in [0.1, 0.15) is 355 Å². The third kappa shape index (κ3) is 69.0. The Kier molecular flexibility index (Phi) is 67.7. The highest BCUT2D eigenvalue weighted by Crippen LogP contribution is 2.17. The van der Waals surface area contributed by atoms with E-state index in [4.69, 9.17) is 14.2 Å². The molecule has 0 aliphatic heterocycles. The molecule has 6 nitrogen and oxygen atoms in total. The molecule has 0 radical (unpaired) electrons. The van der Waals surface area contributed by atoms with Crippen LogP contribution in [0.5, 0.6) is 0 Å². The average Bonchev–Trinajstić information content (AvgIpc) is 3.49. The van der Waals surface area contributed by atoms with Crippen molar-refractivity contribution >= 4 is 17.9 Å². The van der Waals surface area contributed by atoms with E-state index in [1.165, 1.54) is 205 Å². The summed E-state index contributed by atoms with van der Waals surface area (Å²) in [5.41, 5.74) is 0. The average molecular weight is 1160 g/mol. The lowest BCUT2D eigenvalue weighted by Gasteiger charge is -2.18. The van der Waals surface area contributed by atoms with Gasteiger partial charge in [-0.1, -0.05) is 311 Å². The molecule has 0 aromatic heterocycles. The van der Waals surface area contributed by atoms with Gasteiger partial charge in [-0.15, -0.1) is 0 Å². The molecule has 1 atom stereocenters. The molecular weight excluding hydrogens is 1020 g/mol. The third-order valence-electron chi connectivity index (χ3n) is 15.5. The van der Waals surface area contributed by atoms with Crippen LogP contribution in [-0.2, 0) is 28.6 Å². The van der Waals surface area contributed by atoms with Crippen LogP contribution in [0, 0.1) is 0 Å². The Morgan fingerprint density at radius 3 is 0.759 bits per heavy atom. The molecule has 83 heavy (non-hydrogen) atoms. The zero-order valence-corrected chi connectivity index (χ0v) is 54.9. The van der Waals surface area contributed by atoms with Crippen molar-refractivity contribution in [3.8, 4) is 0 Å². The minimum absolute atomic E-state index is 0.0804. The fraction of sp³-hybridized carbons (Fsp3) is 0.753. The number of hydrogen-bond donors (Lipinski definition) is 0. The Morgan fingerprint density at radius 2 is 0.470 bits per heavy atom. The highest BCUT2D eigenvalue weighted by molar-refractivity contribution is 5.71. The largest absolute Gasteiger partial charge is 0.462 e. The van der Waals surface area contributed by atoms with Crippen LogP contribution < -0.4 is 0 Å². The number of carbonyl (C=O) groups is 3. The second-order valence-corrected chi connectivity index (χ2v) is 23.8. The summed E-state index contributed by atoms with van der Waals surface area (Å²) in [6.45, 7) is 6.53. The van der Waals surface area contributed by atoms with E-state index in [1.54, 1.807) is 0 Å². The van der Waals surface area contributed by atoms with Crippen molar-refractivity contribution in [3.05, 3.63) is 97.2 Å². The Hall–Kier alpha value is -3.67.